The van der Waals surface area contributed by atoms with Crippen molar-refractivity contribution in [3.8, 4) is 0 Å². The molecule has 1 unspecified atom stereocenters. The first-order valence-corrected chi connectivity index (χ1v) is 6.68. The Balaban J connectivity index is 2.44. The van der Waals surface area contributed by atoms with Gasteiger partial charge in [-0.3, -0.25) is 14.5 Å². The topological polar surface area (TPSA) is 73.5 Å². The molecule has 0 aromatic rings. The van der Waals surface area contributed by atoms with Crippen molar-refractivity contribution in [3.63, 3.8) is 0 Å². The highest BCUT2D eigenvalue weighted by Crippen LogP contribution is 2.04. The second-order valence-electron chi connectivity index (χ2n) is 4.35. The third-order valence-electron chi connectivity index (χ3n) is 3.01. The Morgan fingerprint density at radius 2 is 2.00 bits per heavy atom. The molecule has 0 saturated carbocycles. The number of rotatable bonds is 6. The number of nitrogens with one attached hydrogen (secondary N) is 3. The van der Waals surface area contributed by atoms with E-state index in [0.717, 1.165) is 13.1 Å². The van der Waals surface area contributed by atoms with Crippen LogP contribution in [0.4, 0.5) is 0 Å². The predicted octanol–water partition coefficient (Wildman–Crippen LogP) is -1.08. The standard InChI is InChI=1S/C12H24N4O2/c1-3-14-11(17)5-7-16-8-6-13-9-10(16)12(18)15-4-2/h10,13H,3-9H2,1-2H3,(H,14,17)(H,15,18). The molecule has 6 nitrogen and oxygen atoms in total. The number of hydrogen-bond acceptors (Lipinski definition) is 4. The van der Waals surface area contributed by atoms with Crippen LogP contribution in [0.1, 0.15) is 20.3 Å². The highest BCUT2D eigenvalue weighted by Gasteiger charge is 2.28. The number of amides is 2. The van der Waals surface area contributed by atoms with Crippen LogP contribution in [0.2, 0.25) is 0 Å². The Hall–Kier alpha value is -1.14. The van der Waals surface area contributed by atoms with Gasteiger partial charge in [-0.15, -0.1) is 0 Å². The van der Waals surface area contributed by atoms with Crippen LogP contribution < -0.4 is 16.0 Å². The zero-order valence-electron chi connectivity index (χ0n) is 11.3. The lowest BCUT2D eigenvalue weighted by Gasteiger charge is -2.34. The van der Waals surface area contributed by atoms with Crippen molar-refractivity contribution in [2.24, 2.45) is 0 Å². The summed E-state index contributed by atoms with van der Waals surface area (Å²) >= 11 is 0. The summed E-state index contributed by atoms with van der Waals surface area (Å²) in [6.45, 7) is 8.07. The molecule has 0 aromatic heterocycles. The molecule has 0 bridgehead atoms. The number of likely N-dealkylation sites (N-methyl/N-ethyl adjacent to an activating group) is 1. The van der Waals surface area contributed by atoms with Crippen LogP contribution in [0.3, 0.4) is 0 Å². The fraction of sp³-hybridized carbons (Fsp3) is 0.833. The Bertz CT molecular complexity index is 283. The molecule has 0 radical (unpaired) electrons. The summed E-state index contributed by atoms with van der Waals surface area (Å²) in [7, 11) is 0. The van der Waals surface area contributed by atoms with Crippen molar-refractivity contribution in [1.82, 2.24) is 20.9 Å². The second kappa shape index (κ2) is 8.05. The van der Waals surface area contributed by atoms with E-state index in [1.54, 1.807) is 0 Å². The van der Waals surface area contributed by atoms with E-state index in [4.69, 9.17) is 0 Å². The fourth-order valence-corrected chi connectivity index (χ4v) is 2.10. The summed E-state index contributed by atoms with van der Waals surface area (Å²) in [5.41, 5.74) is 0. The molecule has 1 aliphatic rings. The fourth-order valence-electron chi connectivity index (χ4n) is 2.10. The lowest BCUT2D eigenvalue weighted by atomic mass is 10.1. The first-order chi connectivity index (χ1) is 8.69. The predicted molar refractivity (Wildman–Crippen MR) is 70.2 cm³/mol. The summed E-state index contributed by atoms with van der Waals surface area (Å²) in [6.07, 6.45) is 0.448. The molecular formula is C12H24N4O2. The minimum Gasteiger partial charge on any atom is -0.356 e. The van der Waals surface area contributed by atoms with E-state index in [0.29, 0.717) is 32.6 Å². The summed E-state index contributed by atoms with van der Waals surface area (Å²) in [5, 5.41) is 8.82. The van der Waals surface area contributed by atoms with E-state index < -0.39 is 0 Å². The maximum absolute atomic E-state index is 11.9. The van der Waals surface area contributed by atoms with Gasteiger partial charge in [0.25, 0.3) is 0 Å². The van der Waals surface area contributed by atoms with Crippen LogP contribution >= 0.6 is 0 Å². The van der Waals surface area contributed by atoms with E-state index in [9.17, 15) is 9.59 Å². The summed E-state index contributed by atoms with van der Waals surface area (Å²) in [4.78, 5) is 25.4. The van der Waals surface area contributed by atoms with E-state index in [-0.39, 0.29) is 17.9 Å². The van der Waals surface area contributed by atoms with Gasteiger partial charge in [0.2, 0.25) is 11.8 Å². The van der Waals surface area contributed by atoms with Crippen molar-refractivity contribution < 1.29 is 9.59 Å². The van der Waals surface area contributed by atoms with Gasteiger partial charge in [-0.25, -0.2) is 0 Å². The SMILES string of the molecule is CCNC(=O)CCN1CCNCC1C(=O)NCC. The lowest BCUT2D eigenvalue weighted by Crippen LogP contribution is -2.58. The first kappa shape index (κ1) is 14.9. The van der Waals surface area contributed by atoms with E-state index in [1.807, 2.05) is 13.8 Å². The third-order valence-corrected chi connectivity index (χ3v) is 3.01. The molecule has 1 fully saturated rings. The van der Waals surface area contributed by atoms with Crippen molar-refractivity contribution in [2.45, 2.75) is 26.3 Å². The van der Waals surface area contributed by atoms with Crippen LogP contribution in [0.5, 0.6) is 0 Å². The average molecular weight is 256 g/mol. The first-order valence-electron chi connectivity index (χ1n) is 6.68. The number of carbonyl (C=O) groups is 2. The van der Waals surface area contributed by atoms with Crippen LogP contribution in [0, 0.1) is 0 Å². The molecule has 2 amide bonds. The maximum atomic E-state index is 11.9. The summed E-state index contributed by atoms with van der Waals surface area (Å²) in [5.74, 6) is 0.0892. The Labute approximate surface area is 108 Å². The van der Waals surface area contributed by atoms with Crippen LogP contribution in [-0.2, 0) is 9.59 Å². The molecule has 1 rings (SSSR count). The Kier molecular flexibility index (Phi) is 6.67. The molecule has 0 aliphatic carbocycles. The van der Waals surface area contributed by atoms with Gasteiger partial charge >= 0.3 is 0 Å². The number of piperazine rings is 1. The molecule has 104 valence electrons. The minimum absolute atomic E-state index is 0.0422. The monoisotopic (exact) mass is 256 g/mol. The van der Waals surface area contributed by atoms with Crippen LogP contribution in [0.25, 0.3) is 0 Å². The van der Waals surface area contributed by atoms with Gasteiger partial charge in [0, 0.05) is 45.7 Å². The molecule has 3 N–H and O–H groups in total. The highest BCUT2D eigenvalue weighted by molar-refractivity contribution is 5.82. The minimum atomic E-state index is -0.159. The summed E-state index contributed by atoms with van der Waals surface area (Å²) in [6, 6.07) is -0.159. The largest absolute Gasteiger partial charge is 0.356 e. The van der Waals surface area contributed by atoms with Gasteiger partial charge in [-0.1, -0.05) is 0 Å². The van der Waals surface area contributed by atoms with E-state index in [2.05, 4.69) is 20.9 Å². The number of carbonyl (C=O) groups excluding carboxylic acids is 2. The third kappa shape index (κ3) is 4.62. The lowest BCUT2D eigenvalue weighted by molar-refractivity contribution is -0.128. The zero-order chi connectivity index (χ0) is 13.4. The molecular weight excluding hydrogens is 232 g/mol. The Morgan fingerprint density at radius 1 is 1.28 bits per heavy atom. The quantitative estimate of drug-likeness (QED) is 0.565. The Morgan fingerprint density at radius 3 is 2.67 bits per heavy atom. The molecule has 1 atom stereocenters. The van der Waals surface area contributed by atoms with Gasteiger partial charge in [-0.2, -0.15) is 0 Å². The number of nitrogens with zero attached hydrogens (tertiary/aromatic N) is 1. The van der Waals surface area contributed by atoms with Crippen molar-refractivity contribution in [2.75, 3.05) is 39.3 Å². The normalized spacial score (nSPS) is 20.4. The molecule has 6 heteroatoms. The molecule has 0 spiro atoms. The van der Waals surface area contributed by atoms with Gasteiger partial charge in [-0.05, 0) is 13.8 Å². The molecule has 1 aliphatic heterocycles. The molecule has 1 saturated heterocycles. The molecule has 18 heavy (non-hydrogen) atoms. The molecule has 1 heterocycles. The van der Waals surface area contributed by atoms with Crippen LogP contribution in [-0.4, -0.2) is 62.0 Å². The smallest absolute Gasteiger partial charge is 0.238 e. The highest BCUT2D eigenvalue weighted by atomic mass is 16.2. The van der Waals surface area contributed by atoms with Gasteiger partial charge < -0.3 is 16.0 Å². The van der Waals surface area contributed by atoms with Gasteiger partial charge in [0.05, 0.1) is 0 Å². The van der Waals surface area contributed by atoms with E-state index >= 15 is 0 Å². The van der Waals surface area contributed by atoms with Gasteiger partial charge in [0.1, 0.15) is 6.04 Å². The summed E-state index contributed by atoms with van der Waals surface area (Å²) < 4.78 is 0. The second-order valence-corrected chi connectivity index (χ2v) is 4.35. The molecule has 0 aromatic carbocycles. The van der Waals surface area contributed by atoms with Crippen LogP contribution in [0.15, 0.2) is 0 Å². The maximum Gasteiger partial charge on any atom is 0.238 e. The average Bonchev–Trinajstić information content (AvgIpc) is 2.37. The van der Waals surface area contributed by atoms with Crippen molar-refractivity contribution >= 4 is 11.8 Å². The van der Waals surface area contributed by atoms with Crippen molar-refractivity contribution in [1.29, 1.82) is 0 Å². The number of hydrogen-bond donors (Lipinski definition) is 3. The van der Waals surface area contributed by atoms with Crippen molar-refractivity contribution in [3.05, 3.63) is 0 Å². The van der Waals surface area contributed by atoms with E-state index in [1.165, 1.54) is 0 Å². The zero-order valence-corrected chi connectivity index (χ0v) is 11.3. The van der Waals surface area contributed by atoms with Gasteiger partial charge in [0.15, 0.2) is 0 Å².